The molecule has 1 aliphatic heterocycles. The molecule has 1 amide bonds. The predicted octanol–water partition coefficient (Wildman–Crippen LogP) is 0.422. The van der Waals surface area contributed by atoms with Gasteiger partial charge in [0.2, 0.25) is 5.91 Å². The Hall–Kier alpha value is -0.900. The van der Waals surface area contributed by atoms with Gasteiger partial charge in [0.1, 0.15) is 5.78 Å². The van der Waals surface area contributed by atoms with E-state index in [0.29, 0.717) is 25.4 Å². The Bertz CT molecular complexity index is 251. The van der Waals surface area contributed by atoms with Gasteiger partial charge in [-0.15, -0.1) is 0 Å². The lowest BCUT2D eigenvalue weighted by atomic mass is 10.0. The first kappa shape index (κ1) is 12.2. The fourth-order valence-electron chi connectivity index (χ4n) is 1.71. The van der Waals surface area contributed by atoms with Crippen molar-refractivity contribution < 1.29 is 9.59 Å². The fourth-order valence-corrected chi connectivity index (χ4v) is 1.71. The minimum Gasteiger partial charge on any atom is -0.351 e. The van der Waals surface area contributed by atoms with Crippen LogP contribution >= 0.6 is 0 Å². The minimum atomic E-state index is 0.0727. The van der Waals surface area contributed by atoms with Gasteiger partial charge in [-0.25, -0.2) is 0 Å². The van der Waals surface area contributed by atoms with Crippen molar-refractivity contribution >= 4 is 11.7 Å². The van der Waals surface area contributed by atoms with Crippen molar-refractivity contribution in [3.05, 3.63) is 0 Å². The zero-order valence-electron chi connectivity index (χ0n) is 9.75. The molecule has 1 rings (SSSR count). The van der Waals surface area contributed by atoms with Crippen molar-refractivity contribution in [1.29, 1.82) is 0 Å². The molecule has 1 aliphatic rings. The number of hydrogen-bond acceptors (Lipinski definition) is 3. The van der Waals surface area contributed by atoms with Crippen LogP contribution in [0.3, 0.4) is 0 Å². The molecule has 0 saturated carbocycles. The summed E-state index contributed by atoms with van der Waals surface area (Å²) in [4.78, 5) is 24.3. The molecule has 1 heterocycles. The number of Topliss-reactive ketones (excluding diaryl/α,β-unsaturated/α-hetero) is 1. The van der Waals surface area contributed by atoms with E-state index in [-0.39, 0.29) is 17.7 Å². The summed E-state index contributed by atoms with van der Waals surface area (Å²) in [6.07, 6.45) is 0.540. The second-order valence-electron chi connectivity index (χ2n) is 4.61. The molecule has 0 aromatic rings. The van der Waals surface area contributed by atoms with E-state index in [1.165, 1.54) is 0 Å². The van der Waals surface area contributed by atoms with Crippen molar-refractivity contribution in [1.82, 2.24) is 10.2 Å². The van der Waals surface area contributed by atoms with E-state index in [1.54, 1.807) is 6.92 Å². The monoisotopic (exact) mass is 212 g/mol. The molecule has 1 unspecified atom stereocenters. The van der Waals surface area contributed by atoms with Gasteiger partial charge in [-0.2, -0.15) is 0 Å². The third-order valence-electron chi connectivity index (χ3n) is 2.75. The smallest absolute Gasteiger partial charge is 0.234 e. The summed E-state index contributed by atoms with van der Waals surface area (Å²) in [6.45, 7) is 7.77. The lowest BCUT2D eigenvalue weighted by molar-refractivity contribution is -0.127. The lowest BCUT2D eigenvalue weighted by Gasteiger charge is -2.34. The zero-order chi connectivity index (χ0) is 11.4. The molecule has 1 saturated heterocycles. The van der Waals surface area contributed by atoms with Crippen LogP contribution in [0.1, 0.15) is 27.2 Å². The van der Waals surface area contributed by atoms with Crippen LogP contribution in [0.25, 0.3) is 0 Å². The van der Waals surface area contributed by atoms with Crippen molar-refractivity contribution in [2.24, 2.45) is 5.92 Å². The van der Waals surface area contributed by atoms with Gasteiger partial charge < -0.3 is 5.32 Å². The summed E-state index contributed by atoms with van der Waals surface area (Å²) in [5.41, 5.74) is 0. The number of piperazine rings is 1. The van der Waals surface area contributed by atoms with Gasteiger partial charge in [0.15, 0.2) is 0 Å². The SMILES string of the molecule is CC(=O)CCN1CC(=O)NC(C(C)C)C1. The van der Waals surface area contributed by atoms with Crippen LogP contribution < -0.4 is 5.32 Å². The van der Waals surface area contributed by atoms with Crippen LogP contribution in [0.2, 0.25) is 0 Å². The molecule has 1 atom stereocenters. The molecule has 1 N–H and O–H groups in total. The maximum Gasteiger partial charge on any atom is 0.234 e. The Balaban J connectivity index is 2.44. The highest BCUT2D eigenvalue weighted by Crippen LogP contribution is 2.09. The van der Waals surface area contributed by atoms with Gasteiger partial charge in [0.05, 0.1) is 6.54 Å². The number of hydrogen-bond donors (Lipinski definition) is 1. The normalized spacial score (nSPS) is 22.9. The van der Waals surface area contributed by atoms with Crippen molar-refractivity contribution in [3.63, 3.8) is 0 Å². The fraction of sp³-hybridized carbons (Fsp3) is 0.818. The van der Waals surface area contributed by atoms with Gasteiger partial charge in [-0.3, -0.25) is 14.5 Å². The van der Waals surface area contributed by atoms with Crippen LogP contribution in [-0.4, -0.2) is 42.3 Å². The molecule has 0 aromatic heterocycles. The summed E-state index contributed by atoms with van der Waals surface area (Å²) in [5, 5.41) is 2.97. The molecule has 4 heteroatoms. The summed E-state index contributed by atoms with van der Waals surface area (Å²) < 4.78 is 0. The molecule has 0 aromatic carbocycles. The van der Waals surface area contributed by atoms with E-state index >= 15 is 0 Å². The first-order chi connectivity index (χ1) is 6.99. The van der Waals surface area contributed by atoms with E-state index in [4.69, 9.17) is 0 Å². The molecule has 0 bridgehead atoms. The second-order valence-corrected chi connectivity index (χ2v) is 4.61. The first-order valence-electron chi connectivity index (χ1n) is 5.50. The molecule has 0 spiro atoms. The summed E-state index contributed by atoms with van der Waals surface area (Å²) in [6, 6.07) is 0.221. The summed E-state index contributed by atoms with van der Waals surface area (Å²) >= 11 is 0. The maximum atomic E-state index is 11.4. The van der Waals surface area contributed by atoms with Crippen LogP contribution in [0.4, 0.5) is 0 Å². The number of carbonyl (C=O) groups is 2. The highest BCUT2D eigenvalue weighted by molar-refractivity contribution is 5.79. The van der Waals surface area contributed by atoms with Crippen LogP contribution in [-0.2, 0) is 9.59 Å². The molecular weight excluding hydrogens is 192 g/mol. The Morgan fingerprint density at radius 1 is 1.60 bits per heavy atom. The largest absolute Gasteiger partial charge is 0.351 e. The molecule has 4 nitrogen and oxygen atoms in total. The van der Waals surface area contributed by atoms with Gasteiger partial charge in [-0.1, -0.05) is 13.8 Å². The molecule has 86 valence electrons. The van der Waals surface area contributed by atoms with E-state index in [0.717, 1.165) is 6.54 Å². The van der Waals surface area contributed by atoms with Crippen molar-refractivity contribution in [3.8, 4) is 0 Å². The van der Waals surface area contributed by atoms with E-state index in [2.05, 4.69) is 24.1 Å². The third-order valence-corrected chi connectivity index (χ3v) is 2.75. The Morgan fingerprint density at radius 2 is 2.27 bits per heavy atom. The number of rotatable bonds is 4. The standard InChI is InChI=1S/C11H20N2O2/c1-8(2)10-6-13(5-4-9(3)14)7-11(15)12-10/h8,10H,4-7H2,1-3H3,(H,12,15). The average molecular weight is 212 g/mol. The van der Waals surface area contributed by atoms with E-state index in [9.17, 15) is 9.59 Å². The Kier molecular flexibility index (Phi) is 4.27. The second kappa shape index (κ2) is 5.26. The van der Waals surface area contributed by atoms with Crippen molar-refractivity contribution in [2.45, 2.75) is 33.2 Å². The third kappa shape index (κ3) is 4.00. The predicted molar refractivity (Wildman–Crippen MR) is 58.5 cm³/mol. The van der Waals surface area contributed by atoms with Crippen LogP contribution in [0, 0.1) is 5.92 Å². The highest BCUT2D eigenvalue weighted by Gasteiger charge is 2.26. The molecule has 0 aliphatic carbocycles. The van der Waals surface area contributed by atoms with Crippen LogP contribution in [0.5, 0.6) is 0 Å². The molecular formula is C11H20N2O2. The summed E-state index contributed by atoms with van der Waals surface area (Å²) in [5.74, 6) is 0.694. The quantitative estimate of drug-likeness (QED) is 0.735. The number of carbonyl (C=O) groups excluding carboxylic acids is 2. The Labute approximate surface area is 91.0 Å². The summed E-state index contributed by atoms with van der Waals surface area (Å²) in [7, 11) is 0. The van der Waals surface area contributed by atoms with Crippen molar-refractivity contribution in [2.75, 3.05) is 19.6 Å². The number of ketones is 1. The van der Waals surface area contributed by atoms with Gasteiger partial charge in [0, 0.05) is 25.6 Å². The zero-order valence-corrected chi connectivity index (χ0v) is 9.75. The van der Waals surface area contributed by atoms with Gasteiger partial charge in [0.25, 0.3) is 0 Å². The van der Waals surface area contributed by atoms with E-state index in [1.807, 2.05) is 0 Å². The Morgan fingerprint density at radius 3 is 2.80 bits per heavy atom. The first-order valence-corrected chi connectivity index (χ1v) is 5.50. The molecule has 15 heavy (non-hydrogen) atoms. The maximum absolute atomic E-state index is 11.4. The molecule has 1 fully saturated rings. The number of amides is 1. The average Bonchev–Trinajstić information content (AvgIpc) is 2.13. The van der Waals surface area contributed by atoms with E-state index < -0.39 is 0 Å². The number of nitrogens with zero attached hydrogens (tertiary/aromatic N) is 1. The topological polar surface area (TPSA) is 49.4 Å². The van der Waals surface area contributed by atoms with Gasteiger partial charge in [-0.05, 0) is 12.8 Å². The minimum absolute atomic E-state index is 0.0727. The molecule has 0 radical (unpaired) electrons. The van der Waals surface area contributed by atoms with Gasteiger partial charge >= 0.3 is 0 Å². The lowest BCUT2D eigenvalue weighted by Crippen LogP contribution is -2.56. The highest BCUT2D eigenvalue weighted by atomic mass is 16.2. The van der Waals surface area contributed by atoms with Crippen LogP contribution in [0.15, 0.2) is 0 Å². The number of nitrogens with one attached hydrogen (secondary N) is 1.